The molecule has 33 heavy (non-hydrogen) atoms. The van der Waals surface area contributed by atoms with Crippen molar-refractivity contribution in [2.75, 3.05) is 29.8 Å². The third kappa shape index (κ3) is 5.66. The van der Waals surface area contributed by atoms with Crippen molar-refractivity contribution in [2.45, 2.75) is 31.6 Å². The Morgan fingerprint density at radius 1 is 1.18 bits per heavy atom. The Labute approximate surface area is 202 Å². The lowest BCUT2D eigenvalue weighted by molar-refractivity contribution is 0.0699. The van der Waals surface area contributed by atoms with Crippen LogP contribution in [0.2, 0.25) is 5.02 Å². The van der Waals surface area contributed by atoms with Crippen molar-refractivity contribution >= 4 is 43.8 Å². The van der Waals surface area contributed by atoms with Crippen molar-refractivity contribution < 1.29 is 17.5 Å². The lowest BCUT2D eigenvalue weighted by Crippen LogP contribution is -2.22. The zero-order chi connectivity index (χ0) is 23.6. The SMILES string of the molecule is Cc1ccc(-c2sc(NCC3CCOCC3)nc2C)cc1S(=O)(=O)Nc1ccc(F)cc1Cl. The topological polar surface area (TPSA) is 80.3 Å². The Bertz CT molecular complexity index is 1260. The molecule has 1 aliphatic heterocycles. The number of nitrogens with one attached hydrogen (secondary N) is 2. The Balaban J connectivity index is 1.57. The van der Waals surface area contributed by atoms with E-state index in [0.29, 0.717) is 11.5 Å². The van der Waals surface area contributed by atoms with E-state index in [1.54, 1.807) is 19.1 Å². The maximum atomic E-state index is 13.3. The van der Waals surface area contributed by atoms with Gasteiger partial charge < -0.3 is 10.1 Å². The van der Waals surface area contributed by atoms with Crippen molar-refractivity contribution in [3.8, 4) is 10.4 Å². The Morgan fingerprint density at radius 3 is 2.67 bits per heavy atom. The summed E-state index contributed by atoms with van der Waals surface area (Å²) in [6.07, 6.45) is 2.07. The molecule has 10 heteroatoms. The van der Waals surface area contributed by atoms with Gasteiger partial charge in [-0.3, -0.25) is 4.72 Å². The predicted molar refractivity (Wildman–Crippen MR) is 131 cm³/mol. The molecule has 4 rings (SSSR count). The second-order valence-corrected chi connectivity index (χ2v) is 11.1. The van der Waals surface area contributed by atoms with Crippen LogP contribution in [0.15, 0.2) is 41.3 Å². The molecule has 2 N–H and O–H groups in total. The number of halogens is 2. The average Bonchev–Trinajstić information content (AvgIpc) is 3.16. The maximum absolute atomic E-state index is 13.3. The number of nitrogens with zero attached hydrogens (tertiary/aromatic N) is 1. The molecular formula is C23H25ClFN3O3S2. The van der Waals surface area contributed by atoms with Gasteiger partial charge in [-0.15, -0.1) is 0 Å². The lowest BCUT2D eigenvalue weighted by atomic mass is 10.0. The highest BCUT2D eigenvalue weighted by Crippen LogP contribution is 2.35. The molecule has 0 radical (unpaired) electrons. The molecule has 2 heterocycles. The fourth-order valence-electron chi connectivity index (χ4n) is 3.72. The minimum absolute atomic E-state index is 0.00840. The summed E-state index contributed by atoms with van der Waals surface area (Å²) in [6, 6.07) is 8.82. The molecular weight excluding hydrogens is 485 g/mol. The van der Waals surface area contributed by atoms with E-state index in [9.17, 15) is 12.8 Å². The third-order valence-corrected chi connectivity index (χ3v) is 8.58. The Hall–Kier alpha value is -2.20. The molecule has 2 aromatic carbocycles. The van der Waals surface area contributed by atoms with Crippen molar-refractivity contribution in [1.29, 1.82) is 0 Å². The first-order valence-corrected chi connectivity index (χ1v) is 13.3. The quantitative estimate of drug-likeness (QED) is 0.417. The Kier molecular flexibility index (Phi) is 7.23. The number of hydrogen-bond acceptors (Lipinski definition) is 6. The van der Waals surface area contributed by atoms with Crippen molar-refractivity contribution in [2.24, 2.45) is 5.92 Å². The minimum Gasteiger partial charge on any atom is -0.381 e. The van der Waals surface area contributed by atoms with Gasteiger partial charge in [0.15, 0.2) is 5.13 Å². The van der Waals surface area contributed by atoms with Gasteiger partial charge >= 0.3 is 0 Å². The fraction of sp³-hybridized carbons (Fsp3) is 0.348. The molecule has 0 saturated carbocycles. The van der Waals surface area contributed by atoms with E-state index in [1.165, 1.54) is 17.4 Å². The molecule has 176 valence electrons. The smallest absolute Gasteiger partial charge is 0.262 e. The van der Waals surface area contributed by atoms with Gasteiger partial charge in [0.2, 0.25) is 0 Å². The van der Waals surface area contributed by atoms with Gasteiger partial charge in [-0.25, -0.2) is 17.8 Å². The molecule has 0 bridgehead atoms. The van der Waals surface area contributed by atoms with Gasteiger partial charge in [0.05, 0.1) is 26.2 Å². The molecule has 0 unspecified atom stereocenters. The number of aromatic nitrogens is 1. The zero-order valence-corrected chi connectivity index (χ0v) is 20.7. The molecule has 3 aromatic rings. The summed E-state index contributed by atoms with van der Waals surface area (Å²) < 4.78 is 47.4. The molecule has 1 fully saturated rings. The number of aryl methyl sites for hydroxylation is 2. The summed E-state index contributed by atoms with van der Waals surface area (Å²) in [5.41, 5.74) is 2.30. The van der Waals surface area contributed by atoms with E-state index in [0.717, 1.165) is 66.0 Å². The van der Waals surface area contributed by atoms with Crippen LogP contribution in [-0.2, 0) is 14.8 Å². The number of anilines is 2. The van der Waals surface area contributed by atoms with E-state index in [2.05, 4.69) is 15.0 Å². The molecule has 0 aliphatic carbocycles. The van der Waals surface area contributed by atoms with Crippen LogP contribution >= 0.6 is 22.9 Å². The normalized spacial score (nSPS) is 14.9. The fourth-order valence-corrected chi connectivity index (χ4v) is 6.32. The van der Waals surface area contributed by atoms with E-state index in [-0.39, 0.29) is 15.6 Å². The van der Waals surface area contributed by atoms with E-state index >= 15 is 0 Å². The molecule has 0 amide bonds. The molecule has 1 aromatic heterocycles. The van der Waals surface area contributed by atoms with Crippen molar-refractivity contribution in [1.82, 2.24) is 4.98 Å². The number of rotatable bonds is 7. The summed E-state index contributed by atoms with van der Waals surface area (Å²) in [5.74, 6) is 0.0231. The summed E-state index contributed by atoms with van der Waals surface area (Å²) in [6.45, 7) is 6.07. The molecule has 0 atom stereocenters. The van der Waals surface area contributed by atoms with Crippen LogP contribution < -0.4 is 10.0 Å². The summed E-state index contributed by atoms with van der Waals surface area (Å²) in [7, 11) is -3.94. The van der Waals surface area contributed by atoms with Gasteiger partial charge in [0, 0.05) is 19.8 Å². The van der Waals surface area contributed by atoms with E-state index < -0.39 is 15.8 Å². The summed E-state index contributed by atoms with van der Waals surface area (Å²) in [5, 5.41) is 4.23. The first-order chi connectivity index (χ1) is 15.7. The van der Waals surface area contributed by atoms with Gasteiger partial charge in [0.25, 0.3) is 10.0 Å². The first-order valence-electron chi connectivity index (χ1n) is 10.6. The van der Waals surface area contributed by atoms with Crippen molar-refractivity contribution in [3.05, 3.63) is 58.5 Å². The first kappa shape index (κ1) is 23.9. The van der Waals surface area contributed by atoms with Gasteiger partial charge in [0.1, 0.15) is 5.82 Å². The van der Waals surface area contributed by atoms with Crippen LogP contribution in [0, 0.1) is 25.6 Å². The number of benzene rings is 2. The lowest BCUT2D eigenvalue weighted by Gasteiger charge is -2.21. The van der Waals surface area contributed by atoms with E-state index in [1.807, 2.05) is 13.0 Å². The van der Waals surface area contributed by atoms with Gasteiger partial charge in [-0.2, -0.15) is 0 Å². The van der Waals surface area contributed by atoms with Crippen LogP contribution in [0.25, 0.3) is 10.4 Å². The number of sulfonamides is 1. The predicted octanol–water partition coefficient (Wildman–Crippen LogP) is 5.86. The number of ether oxygens (including phenoxy) is 1. The number of thiazole rings is 1. The second-order valence-electron chi connectivity index (χ2n) is 8.08. The zero-order valence-electron chi connectivity index (χ0n) is 18.3. The molecule has 6 nitrogen and oxygen atoms in total. The highest BCUT2D eigenvalue weighted by molar-refractivity contribution is 7.92. The van der Waals surface area contributed by atoms with Gasteiger partial charge in [-0.1, -0.05) is 35.1 Å². The highest BCUT2D eigenvalue weighted by atomic mass is 35.5. The summed E-state index contributed by atoms with van der Waals surface area (Å²) in [4.78, 5) is 5.66. The standard InChI is InChI=1S/C23H25ClFN3O3S2/c1-14-3-4-17(11-21(14)33(29,30)28-20-6-5-18(25)12-19(20)24)22-15(2)27-23(32-22)26-13-16-7-9-31-10-8-16/h3-6,11-12,16,28H,7-10,13H2,1-2H3,(H,26,27). The largest absolute Gasteiger partial charge is 0.381 e. The summed E-state index contributed by atoms with van der Waals surface area (Å²) >= 11 is 7.51. The van der Waals surface area contributed by atoms with Crippen LogP contribution in [0.5, 0.6) is 0 Å². The monoisotopic (exact) mass is 509 g/mol. The molecule has 1 aliphatic rings. The molecule has 0 spiro atoms. The van der Waals surface area contributed by atoms with Gasteiger partial charge in [-0.05, 0) is 68.0 Å². The van der Waals surface area contributed by atoms with Crippen LogP contribution in [0.3, 0.4) is 0 Å². The maximum Gasteiger partial charge on any atom is 0.262 e. The average molecular weight is 510 g/mol. The van der Waals surface area contributed by atoms with E-state index in [4.69, 9.17) is 16.3 Å². The van der Waals surface area contributed by atoms with Crippen LogP contribution in [0.1, 0.15) is 24.1 Å². The van der Waals surface area contributed by atoms with Crippen molar-refractivity contribution in [3.63, 3.8) is 0 Å². The third-order valence-electron chi connectivity index (χ3n) is 5.59. The number of hydrogen-bond donors (Lipinski definition) is 2. The highest BCUT2D eigenvalue weighted by Gasteiger charge is 2.21. The Morgan fingerprint density at radius 2 is 1.94 bits per heavy atom. The van der Waals surface area contributed by atoms with Crippen LogP contribution in [-0.4, -0.2) is 33.2 Å². The van der Waals surface area contributed by atoms with Crippen LogP contribution in [0.4, 0.5) is 15.2 Å². The molecule has 1 saturated heterocycles. The second kappa shape index (κ2) is 9.97. The minimum atomic E-state index is -3.94.